The molecule has 0 fully saturated rings. The second-order valence-corrected chi connectivity index (χ2v) is 9.40. The predicted octanol–water partition coefficient (Wildman–Crippen LogP) is 5.91. The van der Waals surface area contributed by atoms with E-state index in [-0.39, 0.29) is 11.7 Å². The standard InChI is InChI=1S/C28H28BrFN2O2/c1-19-7-9-20(10-8-19)17-27(33)32-16-4-15-31-28(32)24-5-3-6-25(30)23(24)13-11-21-18-22(29)12-14-26(21)34-2/h3,5-10,12,14,18H,4,11,13,15-17H2,1-2H3. The third kappa shape index (κ3) is 5.55. The fraction of sp³-hybridized carbons (Fsp3) is 0.286. The van der Waals surface area contributed by atoms with Gasteiger partial charge in [0.2, 0.25) is 5.91 Å². The predicted molar refractivity (Wildman–Crippen MR) is 137 cm³/mol. The molecular formula is C28H28BrFN2O2. The number of hydrogen-bond donors (Lipinski definition) is 0. The molecule has 1 amide bonds. The van der Waals surface area contributed by atoms with Gasteiger partial charge in [0.1, 0.15) is 17.4 Å². The largest absolute Gasteiger partial charge is 0.496 e. The minimum Gasteiger partial charge on any atom is -0.496 e. The lowest BCUT2D eigenvalue weighted by molar-refractivity contribution is -0.126. The van der Waals surface area contributed by atoms with E-state index in [2.05, 4.69) is 20.9 Å². The van der Waals surface area contributed by atoms with Gasteiger partial charge in [0.15, 0.2) is 0 Å². The molecule has 0 aromatic heterocycles. The number of aliphatic imine (C=N–C) groups is 1. The van der Waals surface area contributed by atoms with Crippen LogP contribution in [0.2, 0.25) is 0 Å². The second kappa shape index (κ2) is 11.0. The summed E-state index contributed by atoms with van der Waals surface area (Å²) >= 11 is 3.51. The maximum Gasteiger partial charge on any atom is 0.232 e. The van der Waals surface area contributed by atoms with E-state index in [1.807, 2.05) is 55.5 Å². The minimum atomic E-state index is -0.286. The lowest BCUT2D eigenvalue weighted by Gasteiger charge is -2.29. The Bertz CT molecular complexity index is 1210. The molecule has 3 aromatic carbocycles. The molecule has 34 heavy (non-hydrogen) atoms. The molecule has 0 saturated heterocycles. The number of rotatable bonds is 7. The molecule has 0 bridgehead atoms. The average Bonchev–Trinajstić information content (AvgIpc) is 2.84. The van der Waals surface area contributed by atoms with Gasteiger partial charge in [-0.05, 0) is 67.1 Å². The maximum absolute atomic E-state index is 15.1. The molecule has 0 unspecified atom stereocenters. The van der Waals surface area contributed by atoms with Gasteiger partial charge >= 0.3 is 0 Å². The van der Waals surface area contributed by atoms with Gasteiger partial charge in [-0.1, -0.05) is 57.9 Å². The molecule has 176 valence electrons. The van der Waals surface area contributed by atoms with E-state index in [4.69, 9.17) is 4.74 Å². The number of hydrogen-bond acceptors (Lipinski definition) is 3. The monoisotopic (exact) mass is 522 g/mol. The van der Waals surface area contributed by atoms with Crippen molar-refractivity contribution in [3.63, 3.8) is 0 Å². The van der Waals surface area contributed by atoms with Gasteiger partial charge in [0, 0.05) is 23.1 Å². The molecular weight excluding hydrogens is 495 g/mol. The van der Waals surface area contributed by atoms with Gasteiger partial charge in [0.25, 0.3) is 0 Å². The summed E-state index contributed by atoms with van der Waals surface area (Å²) in [5.74, 6) is 1.03. The summed E-state index contributed by atoms with van der Waals surface area (Å²) in [6.45, 7) is 3.23. The SMILES string of the molecule is COc1ccc(Br)cc1CCc1c(F)cccc1C1=NCCCN1C(=O)Cc1ccc(C)cc1. The molecule has 0 aliphatic carbocycles. The summed E-state index contributed by atoms with van der Waals surface area (Å²) in [5, 5.41) is 0. The fourth-order valence-electron chi connectivity index (χ4n) is 4.28. The quantitative estimate of drug-likeness (QED) is 0.386. The zero-order valence-electron chi connectivity index (χ0n) is 19.5. The Balaban J connectivity index is 1.61. The van der Waals surface area contributed by atoms with Crippen LogP contribution < -0.4 is 4.74 Å². The van der Waals surface area contributed by atoms with E-state index in [0.29, 0.717) is 49.3 Å². The van der Waals surface area contributed by atoms with Crippen molar-refractivity contribution in [3.8, 4) is 5.75 Å². The fourth-order valence-corrected chi connectivity index (χ4v) is 4.69. The molecule has 4 nitrogen and oxygen atoms in total. The smallest absolute Gasteiger partial charge is 0.232 e. The number of methoxy groups -OCH3 is 1. The summed E-state index contributed by atoms with van der Waals surface area (Å²) in [4.78, 5) is 19.7. The van der Waals surface area contributed by atoms with Crippen LogP contribution in [0.5, 0.6) is 5.75 Å². The van der Waals surface area contributed by atoms with Crippen LogP contribution in [0.25, 0.3) is 0 Å². The molecule has 1 heterocycles. The highest BCUT2D eigenvalue weighted by molar-refractivity contribution is 9.10. The molecule has 4 rings (SSSR count). The Hall–Kier alpha value is -2.99. The van der Waals surface area contributed by atoms with Crippen molar-refractivity contribution in [2.75, 3.05) is 20.2 Å². The van der Waals surface area contributed by atoms with Crippen molar-refractivity contribution in [2.45, 2.75) is 32.6 Å². The van der Waals surface area contributed by atoms with E-state index in [9.17, 15) is 4.79 Å². The second-order valence-electron chi connectivity index (χ2n) is 8.49. The molecule has 6 heteroatoms. The van der Waals surface area contributed by atoms with E-state index in [1.165, 1.54) is 6.07 Å². The topological polar surface area (TPSA) is 41.9 Å². The minimum absolute atomic E-state index is 0.0221. The van der Waals surface area contributed by atoms with Crippen LogP contribution in [0.3, 0.4) is 0 Å². The van der Waals surface area contributed by atoms with Crippen molar-refractivity contribution in [1.82, 2.24) is 4.90 Å². The lowest BCUT2D eigenvalue weighted by atomic mass is 9.97. The van der Waals surface area contributed by atoms with Crippen molar-refractivity contribution in [2.24, 2.45) is 4.99 Å². The van der Waals surface area contributed by atoms with E-state index < -0.39 is 0 Å². The lowest BCUT2D eigenvalue weighted by Crippen LogP contribution is -2.42. The van der Waals surface area contributed by atoms with Crippen molar-refractivity contribution >= 4 is 27.7 Å². The van der Waals surface area contributed by atoms with Crippen LogP contribution in [0, 0.1) is 12.7 Å². The first-order valence-electron chi connectivity index (χ1n) is 11.5. The van der Waals surface area contributed by atoms with Gasteiger partial charge in [-0.15, -0.1) is 0 Å². The first-order chi connectivity index (χ1) is 16.5. The number of halogens is 2. The van der Waals surface area contributed by atoms with Crippen molar-refractivity contribution in [3.05, 3.63) is 98.8 Å². The van der Waals surface area contributed by atoms with E-state index in [0.717, 1.165) is 33.3 Å². The van der Waals surface area contributed by atoms with Gasteiger partial charge in [-0.25, -0.2) is 4.39 Å². The molecule has 0 radical (unpaired) electrons. The average molecular weight is 523 g/mol. The summed E-state index contributed by atoms with van der Waals surface area (Å²) in [5.41, 5.74) is 4.36. The highest BCUT2D eigenvalue weighted by Crippen LogP contribution is 2.27. The Morgan fingerprint density at radius 1 is 1.12 bits per heavy atom. The van der Waals surface area contributed by atoms with E-state index in [1.54, 1.807) is 18.1 Å². The van der Waals surface area contributed by atoms with E-state index >= 15 is 4.39 Å². The number of carbonyl (C=O) groups excluding carboxylic acids is 1. The third-order valence-corrected chi connectivity index (χ3v) is 6.57. The number of carbonyl (C=O) groups is 1. The molecule has 0 atom stereocenters. The highest BCUT2D eigenvalue weighted by Gasteiger charge is 2.26. The molecule has 0 saturated carbocycles. The molecule has 0 N–H and O–H groups in total. The number of benzene rings is 3. The first-order valence-corrected chi connectivity index (χ1v) is 12.3. The number of amides is 1. The van der Waals surface area contributed by atoms with Crippen LogP contribution >= 0.6 is 15.9 Å². The van der Waals surface area contributed by atoms with Crippen LogP contribution in [-0.2, 0) is 24.1 Å². The zero-order valence-corrected chi connectivity index (χ0v) is 21.1. The van der Waals surface area contributed by atoms with Crippen LogP contribution in [0.4, 0.5) is 4.39 Å². The first kappa shape index (κ1) is 24.1. The van der Waals surface area contributed by atoms with Gasteiger partial charge in [-0.2, -0.15) is 0 Å². The zero-order chi connectivity index (χ0) is 24.1. The Kier molecular flexibility index (Phi) is 7.78. The molecule has 1 aliphatic rings. The van der Waals surface area contributed by atoms with Crippen molar-refractivity contribution < 1.29 is 13.9 Å². The van der Waals surface area contributed by atoms with Gasteiger partial charge < -0.3 is 4.74 Å². The summed E-state index contributed by atoms with van der Waals surface area (Å²) in [7, 11) is 1.63. The third-order valence-electron chi connectivity index (χ3n) is 6.08. The Morgan fingerprint density at radius 2 is 1.91 bits per heavy atom. The Morgan fingerprint density at radius 3 is 2.68 bits per heavy atom. The van der Waals surface area contributed by atoms with Crippen LogP contribution in [0.15, 0.2) is 70.1 Å². The summed E-state index contributed by atoms with van der Waals surface area (Å²) in [6, 6.07) is 18.8. The molecule has 0 spiro atoms. The number of nitrogens with zero attached hydrogens (tertiary/aromatic N) is 2. The molecule has 3 aromatic rings. The summed E-state index contributed by atoms with van der Waals surface area (Å²) < 4.78 is 21.5. The highest BCUT2D eigenvalue weighted by atomic mass is 79.9. The normalized spacial score (nSPS) is 13.5. The Labute approximate surface area is 208 Å². The van der Waals surface area contributed by atoms with Gasteiger partial charge in [0.05, 0.1) is 13.5 Å². The number of amidine groups is 1. The van der Waals surface area contributed by atoms with Crippen LogP contribution in [0.1, 0.15) is 34.2 Å². The number of aryl methyl sites for hydroxylation is 2. The van der Waals surface area contributed by atoms with Crippen LogP contribution in [-0.4, -0.2) is 36.8 Å². The molecule has 1 aliphatic heterocycles. The summed E-state index contributed by atoms with van der Waals surface area (Å²) in [6.07, 6.45) is 2.15. The number of ether oxygens (including phenoxy) is 1. The van der Waals surface area contributed by atoms with Gasteiger partial charge in [-0.3, -0.25) is 14.7 Å². The van der Waals surface area contributed by atoms with Crippen molar-refractivity contribution in [1.29, 1.82) is 0 Å². The maximum atomic E-state index is 15.1.